The van der Waals surface area contributed by atoms with Crippen molar-refractivity contribution in [2.45, 2.75) is 18.4 Å². The number of carbonyl (C=O) groups excluding carboxylic acids is 1. The molecule has 0 aliphatic heterocycles. The fourth-order valence-corrected chi connectivity index (χ4v) is 3.77. The number of imidazole rings is 1. The number of aryl methyl sites for hydroxylation is 1. The van der Waals surface area contributed by atoms with Crippen molar-refractivity contribution in [2.24, 2.45) is 0 Å². The average molecular weight is 406 g/mol. The van der Waals surface area contributed by atoms with Crippen molar-refractivity contribution in [3.05, 3.63) is 82.0 Å². The molecule has 0 saturated heterocycles. The molecule has 0 atom stereocenters. The Labute approximate surface area is 160 Å². The first-order chi connectivity index (χ1) is 12.8. The van der Waals surface area contributed by atoms with Crippen LogP contribution in [0.15, 0.2) is 70.6 Å². The number of nitrogens with zero attached hydrogens (tertiary/aromatic N) is 2. The van der Waals surface area contributed by atoms with Gasteiger partial charge >= 0.3 is 5.69 Å². The van der Waals surface area contributed by atoms with E-state index in [-0.39, 0.29) is 11.4 Å². The van der Waals surface area contributed by atoms with Crippen LogP contribution in [0.25, 0.3) is 0 Å². The van der Waals surface area contributed by atoms with Crippen molar-refractivity contribution in [3.63, 3.8) is 0 Å². The Kier molecular flexibility index (Phi) is 5.20. The number of amides is 1. The van der Waals surface area contributed by atoms with Crippen LogP contribution in [-0.2, 0) is 21.4 Å². The van der Waals surface area contributed by atoms with E-state index in [4.69, 9.17) is 11.6 Å². The van der Waals surface area contributed by atoms with Crippen LogP contribution in [0.4, 0.5) is 5.69 Å². The van der Waals surface area contributed by atoms with Crippen molar-refractivity contribution >= 4 is 33.2 Å². The first-order valence-corrected chi connectivity index (χ1v) is 9.74. The third kappa shape index (κ3) is 4.12. The zero-order chi connectivity index (χ0) is 19.6. The maximum absolute atomic E-state index is 12.6. The van der Waals surface area contributed by atoms with Gasteiger partial charge in [0.05, 0.1) is 4.90 Å². The highest BCUT2D eigenvalue weighted by Crippen LogP contribution is 2.14. The standard InChI is InChI=1S/C18H16ClN3O4S/c1-13-2-8-16(9-3-13)27(25,26)22-11-10-21(18(22)24)12-17(23)20-15-6-4-14(19)5-7-15/h2-11H,12H2,1H3,(H,20,23). The number of nitrogens with one attached hydrogen (secondary N) is 1. The molecule has 1 aromatic heterocycles. The summed E-state index contributed by atoms with van der Waals surface area (Å²) in [7, 11) is -4.03. The topological polar surface area (TPSA) is 90.2 Å². The molecule has 0 radical (unpaired) electrons. The van der Waals surface area contributed by atoms with E-state index in [2.05, 4.69) is 5.32 Å². The summed E-state index contributed by atoms with van der Waals surface area (Å²) in [5.74, 6) is -0.468. The van der Waals surface area contributed by atoms with Gasteiger partial charge < -0.3 is 5.32 Å². The number of hydrogen-bond acceptors (Lipinski definition) is 4. The van der Waals surface area contributed by atoms with Crippen molar-refractivity contribution in [1.29, 1.82) is 0 Å². The van der Waals surface area contributed by atoms with Crippen molar-refractivity contribution in [3.8, 4) is 0 Å². The molecule has 27 heavy (non-hydrogen) atoms. The minimum atomic E-state index is -4.03. The number of aromatic nitrogens is 2. The lowest BCUT2D eigenvalue weighted by molar-refractivity contribution is -0.116. The molecule has 2 aromatic carbocycles. The highest BCUT2D eigenvalue weighted by atomic mass is 35.5. The van der Waals surface area contributed by atoms with Crippen LogP contribution in [-0.4, -0.2) is 22.9 Å². The van der Waals surface area contributed by atoms with Gasteiger partial charge in [0.2, 0.25) is 5.91 Å². The minimum absolute atomic E-state index is 0.00133. The second-order valence-electron chi connectivity index (χ2n) is 5.88. The molecule has 3 aromatic rings. The quantitative estimate of drug-likeness (QED) is 0.706. The predicted molar refractivity (Wildman–Crippen MR) is 103 cm³/mol. The zero-order valence-electron chi connectivity index (χ0n) is 14.3. The number of halogens is 1. The smallest absolute Gasteiger partial charge is 0.325 e. The van der Waals surface area contributed by atoms with E-state index in [0.29, 0.717) is 14.7 Å². The van der Waals surface area contributed by atoms with Gasteiger partial charge in [0, 0.05) is 23.1 Å². The summed E-state index contributed by atoms with van der Waals surface area (Å²) in [5.41, 5.74) is 0.601. The molecule has 9 heteroatoms. The van der Waals surface area contributed by atoms with Gasteiger partial charge in [0.25, 0.3) is 10.0 Å². The lowest BCUT2D eigenvalue weighted by atomic mass is 10.2. The van der Waals surface area contributed by atoms with Gasteiger partial charge in [-0.2, -0.15) is 3.97 Å². The van der Waals surface area contributed by atoms with Crippen LogP contribution in [0.2, 0.25) is 5.02 Å². The molecule has 0 saturated carbocycles. The molecule has 0 bridgehead atoms. The number of rotatable bonds is 5. The first kappa shape index (κ1) is 18.9. The van der Waals surface area contributed by atoms with E-state index in [9.17, 15) is 18.0 Å². The number of hydrogen-bond donors (Lipinski definition) is 1. The second-order valence-corrected chi connectivity index (χ2v) is 8.13. The monoisotopic (exact) mass is 405 g/mol. The van der Waals surface area contributed by atoms with E-state index < -0.39 is 21.6 Å². The summed E-state index contributed by atoms with van der Waals surface area (Å²) < 4.78 is 26.9. The third-order valence-electron chi connectivity index (χ3n) is 3.84. The Morgan fingerprint density at radius 1 is 1.04 bits per heavy atom. The van der Waals surface area contributed by atoms with Crippen molar-refractivity contribution in [1.82, 2.24) is 8.54 Å². The first-order valence-electron chi connectivity index (χ1n) is 7.93. The molecule has 0 spiro atoms. The fraction of sp³-hybridized carbons (Fsp3) is 0.111. The summed E-state index contributed by atoms with van der Waals surface area (Å²) in [4.78, 5) is 24.6. The number of carbonyl (C=O) groups is 1. The zero-order valence-corrected chi connectivity index (χ0v) is 15.9. The summed E-state index contributed by atoms with van der Waals surface area (Å²) in [6.07, 6.45) is 2.39. The van der Waals surface area contributed by atoms with Crippen LogP contribution >= 0.6 is 11.6 Å². The Balaban J connectivity index is 1.80. The van der Waals surface area contributed by atoms with E-state index in [1.54, 1.807) is 36.4 Å². The predicted octanol–water partition coefficient (Wildman–Crippen LogP) is 2.49. The molecule has 0 unspecified atom stereocenters. The van der Waals surface area contributed by atoms with Crippen LogP contribution in [0.1, 0.15) is 5.56 Å². The van der Waals surface area contributed by atoms with E-state index >= 15 is 0 Å². The summed E-state index contributed by atoms with van der Waals surface area (Å²) in [6, 6.07) is 12.6. The lowest BCUT2D eigenvalue weighted by Crippen LogP contribution is -2.32. The molecule has 7 nitrogen and oxygen atoms in total. The van der Waals surface area contributed by atoms with Gasteiger partial charge in [-0.3, -0.25) is 9.36 Å². The molecule has 0 fully saturated rings. The minimum Gasteiger partial charge on any atom is -0.325 e. The average Bonchev–Trinajstić information content (AvgIpc) is 2.98. The van der Waals surface area contributed by atoms with E-state index in [1.165, 1.54) is 18.3 Å². The summed E-state index contributed by atoms with van der Waals surface area (Å²) in [5, 5.41) is 3.14. The Morgan fingerprint density at radius 2 is 1.67 bits per heavy atom. The molecular weight excluding hydrogens is 390 g/mol. The van der Waals surface area contributed by atoms with Crippen LogP contribution in [0.5, 0.6) is 0 Å². The fourth-order valence-electron chi connectivity index (χ4n) is 2.41. The highest BCUT2D eigenvalue weighted by molar-refractivity contribution is 7.90. The van der Waals surface area contributed by atoms with Gasteiger partial charge in [0.15, 0.2) is 0 Å². The van der Waals surface area contributed by atoms with E-state index in [1.807, 2.05) is 6.92 Å². The largest absolute Gasteiger partial charge is 0.342 e. The maximum Gasteiger partial charge on any atom is 0.342 e. The van der Waals surface area contributed by atoms with E-state index in [0.717, 1.165) is 16.3 Å². The van der Waals surface area contributed by atoms with Gasteiger partial charge in [-0.15, -0.1) is 0 Å². The lowest BCUT2D eigenvalue weighted by Gasteiger charge is -2.06. The molecule has 1 heterocycles. The van der Waals surface area contributed by atoms with Gasteiger partial charge in [-0.05, 0) is 43.3 Å². The van der Waals surface area contributed by atoms with Crippen molar-refractivity contribution < 1.29 is 13.2 Å². The molecule has 3 rings (SSSR count). The van der Waals surface area contributed by atoms with Gasteiger partial charge in [0.1, 0.15) is 6.54 Å². The maximum atomic E-state index is 12.6. The third-order valence-corrected chi connectivity index (χ3v) is 5.75. The van der Waals surface area contributed by atoms with Crippen LogP contribution in [0, 0.1) is 6.92 Å². The Bertz CT molecular complexity index is 1130. The molecule has 1 amide bonds. The van der Waals surface area contributed by atoms with Crippen molar-refractivity contribution in [2.75, 3.05) is 5.32 Å². The highest BCUT2D eigenvalue weighted by Gasteiger charge is 2.21. The molecule has 0 aliphatic rings. The Hall–Kier alpha value is -2.84. The van der Waals surface area contributed by atoms with Gasteiger partial charge in [-0.1, -0.05) is 29.3 Å². The molecule has 1 N–H and O–H groups in total. The normalized spacial score (nSPS) is 11.3. The number of benzene rings is 2. The second kappa shape index (κ2) is 7.42. The molecule has 140 valence electrons. The van der Waals surface area contributed by atoms with Crippen LogP contribution in [0.3, 0.4) is 0 Å². The van der Waals surface area contributed by atoms with Gasteiger partial charge in [-0.25, -0.2) is 13.2 Å². The Morgan fingerprint density at radius 3 is 2.30 bits per heavy atom. The molecule has 0 aliphatic carbocycles. The number of anilines is 1. The SMILES string of the molecule is Cc1ccc(S(=O)(=O)n2ccn(CC(=O)Nc3ccc(Cl)cc3)c2=O)cc1. The summed E-state index contributed by atoms with van der Waals surface area (Å²) >= 11 is 5.79. The molecular formula is C18H16ClN3O4S. The summed E-state index contributed by atoms with van der Waals surface area (Å²) in [6.45, 7) is 1.51. The van der Waals surface area contributed by atoms with Crippen LogP contribution < -0.4 is 11.0 Å².